The maximum absolute atomic E-state index is 2.85. The Labute approximate surface area is 220 Å². The molecule has 0 bridgehead atoms. The Balaban J connectivity index is 1.72. The summed E-state index contributed by atoms with van der Waals surface area (Å²) in [4.78, 5) is 0. The summed E-state index contributed by atoms with van der Waals surface area (Å²) < 4.78 is 0. The van der Waals surface area contributed by atoms with E-state index in [4.69, 9.17) is 0 Å². The Morgan fingerprint density at radius 3 is 0.973 bits per heavy atom. The van der Waals surface area contributed by atoms with Gasteiger partial charge in [-0.05, 0) is 66.0 Å². The molecule has 0 atom stereocenters. The van der Waals surface area contributed by atoms with Crippen LogP contribution in [-0.4, -0.2) is 6.72 Å². The Morgan fingerprint density at radius 1 is 0.324 bits per heavy atom. The van der Waals surface area contributed by atoms with Crippen LogP contribution in [0.3, 0.4) is 0 Å². The quantitative estimate of drug-likeness (QED) is 0.204. The third kappa shape index (κ3) is 3.39. The second-order valence-electron chi connectivity index (χ2n) is 9.56. The lowest BCUT2D eigenvalue weighted by atomic mass is 10.1. The maximum Gasteiger partial charge on any atom is 0.206 e. The molecule has 0 aliphatic carbocycles. The second-order valence-corrected chi connectivity index (χ2v) is 16.4. The predicted molar refractivity (Wildman–Crippen MR) is 167 cm³/mol. The molecule has 6 aromatic carbocycles. The summed E-state index contributed by atoms with van der Waals surface area (Å²) in [6, 6.07) is 59.0. The van der Waals surface area contributed by atoms with E-state index in [0.29, 0.717) is 0 Å². The van der Waals surface area contributed by atoms with Crippen molar-refractivity contribution < 1.29 is 0 Å². The van der Waals surface area contributed by atoms with Gasteiger partial charge in [-0.25, -0.2) is 0 Å². The van der Waals surface area contributed by atoms with Crippen LogP contribution >= 0.6 is 14.3 Å². The Morgan fingerprint density at radius 2 is 0.649 bits per heavy atom. The fraction of sp³-hybridized carbons (Fsp3) is 0. The molecule has 1 heterocycles. The van der Waals surface area contributed by atoms with Gasteiger partial charge in [0.25, 0.3) is 0 Å². The minimum absolute atomic E-state index is 1.33. The van der Waals surface area contributed by atoms with Gasteiger partial charge in [-0.3, -0.25) is 0 Å². The first-order chi connectivity index (χ1) is 18.3. The molecule has 0 spiro atoms. The molecule has 7 rings (SSSR count). The fourth-order valence-electron chi connectivity index (χ4n) is 6.05. The molecule has 0 saturated carbocycles. The van der Waals surface area contributed by atoms with Crippen molar-refractivity contribution in [2.45, 2.75) is 0 Å². The van der Waals surface area contributed by atoms with E-state index in [1.807, 2.05) is 0 Å². The number of hydrogen-bond donors (Lipinski definition) is 0. The van der Waals surface area contributed by atoms with E-state index < -0.39 is 14.3 Å². The molecule has 0 amide bonds. The molecule has 0 N–H and O–H groups in total. The van der Waals surface area contributed by atoms with Crippen molar-refractivity contribution in [3.05, 3.63) is 158 Å². The van der Waals surface area contributed by atoms with Crippen LogP contribution in [0.1, 0.15) is 0 Å². The van der Waals surface area contributed by atoms with Gasteiger partial charge >= 0.3 is 0 Å². The predicted octanol–water partition coefficient (Wildman–Crippen LogP) is 5.98. The van der Waals surface area contributed by atoms with Crippen LogP contribution in [0.15, 0.2) is 158 Å². The Kier molecular flexibility index (Phi) is 5.59. The molecule has 0 saturated heterocycles. The summed E-state index contributed by atoms with van der Waals surface area (Å²) in [6.07, 6.45) is 0. The van der Waals surface area contributed by atoms with Gasteiger partial charge in [0, 0.05) is 0 Å². The zero-order valence-electron chi connectivity index (χ0n) is 20.5. The summed E-state index contributed by atoms with van der Waals surface area (Å²) in [5.41, 5.74) is 0. The lowest BCUT2D eigenvalue weighted by Crippen LogP contribution is -2.48. The summed E-state index contributed by atoms with van der Waals surface area (Å²) >= 11 is 0. The average molecular weight is 507 g/mol. The highest BCUT2D eigenvalue weighted by molar-refractivity contribution is 8.42. The van der Waals surface area contributed by atoms with Crippen molar-refractivity contribution in [2.24, 2.45) is 0 Å². The SMILES string of the molecule is [B-]1[P+](c2ccccc2)(c2ccccc2)c2cccc3cccc(c23)[P+]1(c1ccccc1)c1ccccc1. The minimum atomic E-state index is -2.13. The van der Waals surface area contributed by atoms with Crippen LogP contribution in [-0.2, 0) is 0 Å². The maximum atomic E-state index is 2.85. The third-order valence-electron chi connectivity index (χ3n) is 7.62. The van der Waals surface area contributed by atoms with Gasteiger partial charge in [0.1, 0.15) is 0 Å². The van der Waals surface area contributed by atoms with Gasteiger partial charge < -0.3 is 0 Å². The topological polar surface area (TPSA) is 0 Å². The van der Waals surface area contributed by atoms with Gasteiger partial charge in [-0.2, -0.15) is 0 Å². The lowest BCUT2D eigenvalue weighted by molar-refractivity contribution is 1.73. The van der Waals surface area contributed by atoms with Crippen molar-refractivity contribution >= 4 is 63.6 Å². The van der Waals surface area contributed by atoms with E-state index in [2.05, 4.69) is 164 Å². The van der Waals surface area contributed by atoms with Crippen LogP contribution in [0.4, 0.5) is 0 Å². The third-order valence-corrected chi connectivity index (χ3v) is 17.1. The monoisotopic (exact) mass is 507 g/mol. The normalized spacial score (nSPS) is 15.4. The summed E-state index contributed by atoms with van der Waals surface area (Å²) in [5.74, 6) is 0. The molecular weight excluding hydrogens is 481 g/mol. The van der Waals surface area contributed by atoms with Gasteiger partial charge in [-0.15, -0.1) is 0 Å². The highest BCUT2D eigenvalue weighted by Crippen LogP contribution is 2.72. The number of rotatable bonds is 4. The molecule has 1 aliphatic rings. The molecule has 6 aromatic rings. The van der Waals surface area contributed by atoms with Crippen molar-refractivity contribution in [3.63, 3.8) is 0 Å². The van der Waals surface area contributed by atoms with E-state index in [9.17, 15) is 0 Å². The van der Waals surface area contributed by atoms with Gasteiger partial charge in [0.2, 0.25) is 6.72 Å². The first-order valence-corrected chi connectivity index (χ1v) is 16.5. The minimum Gasteiger partial charge on any atom is -0.0620 e. The van der Waals surface area contributed by atoms with Crippen LogP contribution in [0.25, 0.3) is 10.8 Å². The van der Waals surface area contributed by atoms with Crippen LogP contribution in [0.2, 0.25) is 0 Å². The summed E-state index contributed by atoms with van der Waals surface area (Å²) in [7, 11) is -4.26. The molecule has 174 valence electrons. The van der Waals surface area contributed by atoms with Crippen LogP contribution in [0, 0.1) is 0 Å². The fourth-order valence-corrected chi connectivity index (χ4v) is 17.5. The largest absolute Gasteiger partial charge is 0.206 e. The molecule has 0 unspecified atom stereocenters. The Hall–Kier alpha value is -3.50. The second kappa shape index (κ2) is 9.11. The molecular formula is C34H26BP2+. The van der Waals surface area contributed by atoms with E-state index in [0.717, 1.165) is 0 Å². The molecule has 1 aliphatic heterocycles. The van der Waals surface area contributed by atoms with Crippen molar-refractivity contribution in [1.29, 1.82) is 0 Å². The first kappa shape index (κ1) is 22.7. The number of benzene rings is 6. The molecule has 0 fully saturated rings. The summed E-state index contributed by atoms with van der Waals surface area (Å²) in [5, 5.41) is 11.4. The molecule has 37 heavy (non-hydrogen) atoms. The highest BCUT2D eigenvalue weighted by atomic mass is 31.2. The van der Waals surface area contributed by atoms with E-state index in [-0.39, 0.29) is 0 Å². The highest BCUT2D eigenvalue weighted by Gasteiger charge is 2.54. The first-order valence-electron chi connectivity index (χ1n) is 12.7. The lowest BCUT2D eigenvalue weighted by Gasteiger charge is -2.48. The summed E-state index contributed by atoms with van der Waals surface area (Å²) in [6.45, 7) is 2.85. The Bertz CT molecular complexity index is 1480. The van der Waals surface area contributed by atoms with Crippen LogP contribution in [0.5, 0.6) is 0 Å². The number of hydrogen-bond acceptors (Lipinski definition) is 0. The standard InChI is InChI=1S/C34H26BP2/c1-5-17-28(18-6-1)36(29-19-7-2-8-20-29)32-25-13-15-27-16-14-26-33(34(27)32)37(35-36,30-21-9-3-10-22-30)31-23-11-4-12-24-31/h1-26H/q+1. The van der Waals surface area contributed by atoms with Gasteiger partial charge in [0.05, 0.1) is 37.2 Å². The van der Waals surface area contributed by atoms with E-state index in [1.54, 1.807) is 0 Å². The molecule has 0 aromatic heterocycles. The zero-order valence-corrected chi connectivity index (χ0v) is 22.3. The van der Waals surface area contributed by atoms with Crippen molar-refractivity contribution in [3.8, 4) is 0 Å². The zero-order chi connectivity index (χ0) is 24.7. The molecule has 2 radical (unpaired) electrons. The van der Waals surface area contributed by atoms with Gasteiger partial charge in [-0.1, -0.05) is 111 Å². The van der Waals surface area contributed by atoms with Gasteiger partial charge in [0.15, 0.2) is 0 Å². The van der Waals surface area contributed by atoms with Crippen molar-refractivity contribution in [1.82, 2.24) is 0 Å². The van der Waals surface area contributed by atoms with E-state index >= 15 is 0 Å². The van der Waals surface area contributed by atoms with Crippen LogP contribution < -0.4 is 31.8 Å². The van der Waals surface area contributed by atoms with E-state index in [1.165, 1.54) is 42.6 Å². The average Bonchev–Trinajstić information content (AvgIpc) is 3.00. The molecule has 0 nitrogen and oxygen atoms in total. The smallest absolute Gasteiger partial charge is 0.0620 e. The molecule has 3 heteroatoms. The van der Waals surface area contributed by atoms with Crippen molar-refractivity contribution in [2.75, 3.05) is 0 Å².